The van der Waals surface area contributed by atoms with Crippen LogP contribution in [0.5, 0.6) is 11.5 Å². The summed E-state index contributed by atoms with van der Waals surface area (Å²) < 4.78 is 5.22. The quantitative estimate of drug-likeness (QED) is 0.517. The first-order valence-electron chi connectivity index (χ1n) is 9.25. The topological polar surface area (TPSA) is 74.2 Å². The standard InChI is InChI=1S/C23H21N3O3/c1-29-22-10-6-20(7-11-22)26-14-18-5-4-17(12-19(18)15-26)23(28)25-24-13-16-2-8-21(27)9-3-16/h2-13,27H,14-15H2,1H3,(H,25,28)/b24-13+. The molecule has 1 amide bonds. The molecule has 0 unspecified atom stereocenters. The predicted molar refractivity (Wildman–Crippen MR) is 112 cm³/mol. The summed E-state index contributed by atoms with van der Waals surface area (Å²) in [7, 11) is 1.65. The third-order valence-electron chi connectivity index (χ3n) is 4.90. The molecule has 146 valence electrons. The minimum atomic E-state index is -0.259. The number of hydrogen-bond acceptors (Lipinski definition) is 5. The summed E-state index contributed by atoms with van der Waals surface area (Å²) in [6.07, 6.45) is 1.54. The average Bonchev–Trinajstić information content (AvgIpc) is 3.18. The van der Waals surface area contributed by atoms with Crippen LogP contribution in [-0.4, -0.2) is 24.3 Å². The smallest absolute Gasteiger partial charge is 0.271 e. The van der Waals surface area contributed by atoms with Crippen molar-refractivity contribution in [3.63, 3.8) is 0 Å². The summed E-state index contributed by atoms with van der Waals surface area (Å²) in [4.78, 5) is 14.7. The number of phenolic OH excluding ortho intramolecular Hbond substituents is 1. The number of methoxy groups -OCH3 is 1. The van der Waals surface area contributed by atoms with Gasteiger partial charge in [0.05, 0.1) is 13.3 Å². The van der Waals surface area contributed by atoms with Crippen LogP contribution in [0, 0.1) is 0 Å². The van der Waals surface area contributed by atoms with Crippen molar-refractivity contribution in [3.05, 3.63) is 89.0 Å². The Kier molecular flexibility index (Phi) is 5.16. The number of benzene rings is 3. The highest BCUT2D eigenvalue weighted by Crippen LogP contribution is 2.30. The van der Waals surface area contributed by atoms with E-state index in [2.05, 4.69) is 15.4 Å². The van der Waals surface area contributed by atoms with Gasteiger partial charge in [-0.15, -0.1) is 0 Å². The lowest BCUT2D eigenvalue weighted by atomic mass is 10.1. The van der Waals surface area contributed by atoms with Gasteiger partial charge in [0.1, 0.15) is 11.5 Å². The van der Waals surface area contributed by atoms with Crippen molar-refractivity contribution in [2.24, 2.45) is 5.10 Å². The van der Waals surface area contributed by atoms with E-state index in [-0.39, 0.29) is 11.7 Å². The van der Waals surface area contributed by atoms with Crippen molar-refractivity contribution in [2.45, 2.75) is 13.1 Å². The van der Waals surface area contributed by atoms with E-state index in [1.165, 1.54) is 11.8 Å². The third-order valence-corrected chi connectivity index (χ3v) is 4.90. The Hall–Kier alpha value is -3.80. The summed E-state index contributed by atoms with van der Waals surface area (Å²) in [6.45, 7) is 1.56. The molecule has 6 nitrogen and oxygen atoms in total. The van der Waals surface area contributed by atoms with Crippen LogP contribution in [0.3, 0.4) is 0 Å². The van der Waals surface area contributed by atoms with Crippen LogP contribution in [0.4, 0.5) is 5.69 Å². The van der Waals surface area contributed by atoms with E-state index in [4.69, 9.17) is 4.74 Å². The average molecular weight is 387 g/mol. The van der Waals surface area contributed by atoms with Gasteiger partial charge in [-0.25, -0.2) is 5.43 Å². The summed E-state index contributed by atoms with van der Waals surface area (Å²) in [5, 5.41) is 13.3. The lowest BCUT2D eigenvalue weighted by Crippen LogP contribution is -2.17. The molecule has 29 heavy (non-hydrogen) atoms. The summed E-state index contributed by atoms with van der Waals surface area (Å²) >= 11 is 0. The Balaban J connectivity index is 1.41. The second-order valence-electron chi connectivity index (χ2n) is 6.83. The number of phenols is 1. The number of aromatic hydroxyl groups is 1. The number of anilines is 1. The van der Waals surface area contributed by atoms with Crippen molar-refractivity contribution in [1.82, 2.24) is 5.43 Å². The molecular weight excluding hydrogens is 366 g/mol. The SMILES string of the molecule is COc1ccc(N2Cc3ccc(C(=O)N/N=C/c4ccc(O)cc4)cc3C2)cc1. The van der Waals surface area contributed by atoms with Crippen molar-refractivity contribution >= 4 is 17.8 Å². The maximum Gasteiger partial charge on any atom is 0.271 e. The van der Waals surface area contributed by atoms with Crippen LogP contribution in [0.1, 0.15) is 27.0 Å². The number of carbonyl (C=O) groups is 1. The van der Waals surface area contributed by atoms with E-state index >= 15 is 0 Å². The van der Waals surface area contributed by atoms with Gasteiger partial charge in [-0.1, -0.05) is 6.07 Å². The van der Waals surface area contributed by atoms with Gasteiger partial charge in [0.15, 0.2) is 0 Å². The molecule has 0 saturated carbocycles. The molecule has 3 aromatic carbocycles. The molecule has 0 atom stereocenters. The molecule has 0 radical (unpaired) electrons. The van der Waals surface area contributed by atoms with E-state index in [1.807, 2.05) is 42.5 Å². The number of ether oxygens (including phenoxy) is 1. The van der Waals surface area contributed by atoms with Crippen molar-refractivity contribution in [2.75, 3.05) is 12.0 Å². The Morgan fingerprint density at radius 1 is 1.03 bits per heavy atom. The van der Waals surface area contributed by atoms with Crippen LogP contribution >= 0.6 is 0 Å². The van der Waals surface area contributed by atoms with Gasteiger partial charge in [0.2, 0.25) is 0 Å². The predicted octanol–water partition coefficient (Wildman–Crippen LogP) is 3.68. The molecule has 0 bridgehead atoms. The Labute approximate surface area is 169 Å². The van der Waals surface area contributed by atoms with E-state index in [0.717, 1.165) is 35.7 Å². The molecule has 1 heterocycles. The second kappa shape index (κ2) is 8.06. The third kappa shape index (κ3) is 4.21. The Bertz CT molecular complexity index is 1040. The fraction of sp³-hybridized carbons (Fsp3) is 0.130. The highest BCUT2D eigenvalue weighted by molar-refractivity contribution is 5.95. The molecule has 0 saturated heterocycles. The summed E-state index contributed by atoms with van der Waals surface area (Å²) in [5.74, 6) is 0.760. The van der Waals surface area contributed by atoms with E-state index < -0.39 is 0 Å². The Morgan fingerprint density at radius 2 is 1.76 bits per heavy atom. The Morgan fingerprint density at radius 3 is 2.48 bits per heavy atom. The highest BCUT2D eigenvalue weighted by Gasteiger charge is 2.20. The van der Waals surface area contributed by atoms with Crippen LogP contribution < -0.4 is 15.1 Å². The number of carbonyl (C=O) groups excluding carboxylic acids is 1. The fourth-order valence-corrected chi connectivity index (χ4v) is 3.30. The van der Waals surface area contributed by atoms with Crippen molar-refractivity contribution in [1.29, 1.82) is 0 Å². The van der Waals surface area contributed by atoms with Crippen molar-refractivity contribution < 1.29 is 14.6 Å². The molecule has 6 heteroatoms. The van der Waals surface area contributed by atoms with E-state index in [0.29, 0.717) is 5.56 Å². The lowest BCUT2D eigenvalue weighted by molar-refractivity contribution is 0.0955. The van der Waals surface area contributed by atoms with Crippen LogP contribution in [0.15, 0.2) is 71.8 Å². The first-order chi connectivity index (χ1) is 14.1. The minimum absolute atomic E-state index is 0.188. The molecule has 2 N–H and O–H groups in total. The fourth-order valence-electron chi connectivity index (χ4n) is 3.30. The van der Waals surface area contributed by atoms with Crippen LogP contribution in [-0.2, 0) is 13.1 Å². The maximum absolute atomic E-state index is 12.4. The number of nitrogens with one attached hydrogen (secondary N) is 1. The zero-order chi connectivity index (χ0) is 20.2. The lowest BCUT2D eigenvalue weighted by Gasteiger charge is -2.17. The van der Waals surface area contributed by atoms with Gasteiger partial charge in [0, 0.05) is 24.3 Å². The first kappa shape index (κ1) is 18.6. The van der Waals surface area contributed by atoms with Gasteiger partial charge >= 0.3 is 0 Å². The number of rotatable bonds is 5. The van der Waals surface area contributed by atoms with Crippen LogP contribution in [0.25, 0.3) is 0 Å². The molecule has 1 aliphatic heterocycles. The second-order valence-corrected chi connectivity index (χ2v) is 6.83. The molecule has 0 spiro atoms. The molecule has 3 aromatic rings. The molecule has 1 aliphatic rings. The highest BCUT2D eigenvalue weighted by atomic mass is 16.5. The number of amides is 1. The summed E-state index contributed by atoms with van der Waals surface area (Å²) in [5.41, 5.74) is 7.37. The van der Waals surface area contributed by atoms with Crippen molar-refractivity contribution in [3.8, 4) is 11.5 Å². The molecule has 4 rings (SSSR count). The monoisotopic (exact) mass is 387 g/mol. The molecule has 0 aromatic heterocycles. The number of fused-ring (bicyclic) bond motifs is 1. The van der Waals surface area contributed by atoms with Gasteiger partial charge < -0.3 is 14.7 Å². The first-order valence-corrected chi connectivity index (χ1v) is 9.25. The van der Waals surface area contributed by atoms with E-state index in [9.17, 15) is 9.90 Å². The summed E-state index contributed by atoms with van der Waals surface area (Å²) in [6, 6.07) is 20.3. The normalized spacial score (nSPS) is 12.8. The van der Waals surface area contributed by atoms with Gasteiger partial charge in [-0.05, 0) is 77.4 Å². The largest absolute Gasteiger partial charge is 0.508 e. The maximum atomic E-state index is 12.4. The number of hydrogen-bond donors (Lipinski definition) is 2. The zero-order valence-electron chi connectivity index (χ0n) is 16.0. The van der Waals surface area contributed by atoms with E-state index in [1.54, 1.807) is 31.4 Å². The molecular formula is C23H21N3O3. The minimum Gasteiger partial charge on any atom is -0.508 e. The van der Waals surface area contributed by atoms with Gasteiger partial charge in [-0.2, -0.15) is 5.10 Å². The van der Waals surface area contributed by atoms with Gasteiger partial charge in [0.25, 0.3) is 5.91 Å². The molecule has 0 aliphatic carbocycles. The number of hydrazone groups is 1. The molecule has 0 fully saturated rings. The van der Waals surface area contributed by atoms with Crippen LogP contribution in [0.2, 0.25) is 0 Å². The number of nitrogens with zero attached hydrogens (tertiary/aromatic N) is 2. The zero-order valence-corrected chi connectivity index (χ0v) is 16.0. The van der Waals surface area contributed by atoms with Gasteiger partial charge in [-0.3, -0.25) is 4.79 Å².